The van der Waals surface area contributed by atoms with Crippen LogP contribution in [0.1, 0.15) is 22.7 Å². The van der Waals surface area contributed by atoms with Gasteiger partial charge in [0.1, 0.15) is 5.75 Å². The van der Waals surface area contributed by atoms with Crippen molar-refractivity contribution < 1.29 is 4.74 Å². The Labute approximate surface area is 98.2 Å². The lowest BCUT2D eigenvalue weighted by molar-refractivity contribution is 0.294. The normalized spacial score (nSPS) is 12.9. The number of methoxy groups -OCH3 is 1. The molecule has 0 aliphatic carbocycles. The zero-order valence-electron chi connectivity index (χ0n) is 10.9. The summed E-state index contributed by atoms with van der Waals surface area (Å²) in [7, 11) is 5.79. The number of ether oxygens (including phenoxy) is 1. The summed E-state index contributed by atoms with van der Waals surface area (Å²) in [5.41, 5.74) is 9.41. The Kier molecular flexibility index (Phi) is 4.33. The van der Waals surface area contributed by atoms with Crippen molar-refractivity contribution in [2.45, 2.75) is 19.9 Å². The van der Waals surface area contributed by atoms with Gasteiger partial charge in [0.05, 0.1) is 13.2 Å². The van der Waals surface area contributed by atoms with Gasteiger partial charge in [0.15, 0.2) is 0 Å². The molecule has 0 radical (unpaired) electrons. The Morgan fingerprint density at radius 2 is 1.94 bits per heavy atom. The molecule has 0 aliphatic heterocycles. The lowest BCUT2D eigenvalue weighted by atomic mass is 9.99. The molecule has 0 bridgehead atoms. The number of aryl methyl sites for hydroxylation is 2. The van der Waals surface area contributed by atoms with Crippen molar-refractivity contribution in [3.8, 4) is 5.75 Å². The number of nitrogens with two attached hydrogens (primary N) is 1. The molecule has 16 heavy (non-hydrogen) atoms. The molecule has 0 saturated heterocycles. The Morgan fingerprint density at radius 1 is 1.31 bits per heavy atom. The third-order valence-electron chi connectivity index (χ3n) is 2.86. The van der Waals surface area contributed by atoms with Gasteiger partial charge in [-0.2, -0.15) is 0 Å². The number of rotatable bonds is 4. The average Bonchev–Trinajstić information content (AvgIpc) is 2.17. The van der Waals surface area contributed by atoms with Gasteiger partial charge in [-0.25, -0.2) is 0 Å². The van der Waals surface area contributed by atoms with Gasteiger partial charge < -0.3 is 15.4 Å². The molecule has 0 saturated carbocycles. The van der Waals surface area contributed by atoms with E-state index < -0.39 is 0 Å². The number of hydrogen-bond donors (Lipinski definition) is 1. The molecule has 1 unspecified atom stereocenters. The van der Waals surface area contributed by atoms with Gasteiger partial charge in [-0.05, 0) is 33.5 Å². The van der Waals surface area contributed by atoms with E-state index in [-0.39, 0.29) is 6.04 Å². The molecule has 3 heteroatoms. The van der Waals surface area contributed by atoms with Crippen LogP contribution in [-0.4, -0.2) is 32.6 Å². The minimum atomic E-state index is 0.202. The van der Waals surface area contributed by atoms with Crippen LogP contribution in [0, 0.1) is 13.8 Å². The molecule has 0 aromatic heterocycles. The zero-order valence-corrected chi connectivity index (χ0v) is 10.9. The maximum absolute atomic E-state index is 5.83. The van der Waals surface area contributed by atoms with Gasteiger partial charge in [-0.15, -0.1) is 0 Å². The first kappa shape index (κ1) is 13.0. The summed E-state index contributed by atoms with van der Waals surface area (Å²) in [5.74, 6) is 0.953. The van der Waals surface area contributed by atoms with Crippen LogP contribution in [0.25, 0.3) is 0 Å². The quantitative estimate of drug-likeness (QED) is 0.845. The van der Waals surface area contributed by atoms with Crippen molar-refractivity contribution in [1.82, 2.24) is 4.90 Å². The topological polar surface area (TPSA) is 38.5 Å². The molecular formula is C13H22N2O. The minimum absolute atomic E-state index is 0.202. The lowest BCUT2D eigenvalue weighted by Gasteiger charge is -2.26. The monoisotopic (exact) mass is 222 g/mol. The molecule has 90 valence electrons. The van der Waals surface area contributed by atoms with Crippen LogP contribution < -0.4 is 10.5 Å². The van der Waals surface area contributed by atoms with Gasteiger partial charge in [0.2, 0.25) is 0 Å². The highest BCUT2D eigenvalue weighted by Gasteiger charge is 2.18. The van der Waals surface area contributed by atoms with E-state index in [2.05, 4.69) is 30.9 Å². The van der Waals surface area contributed by atoms with Crippen LogP contribution in [0.5, 0.6) is 5.75 Å². The van der Waals surface area contributed by atoms with Gasteiger partial charge >= 0.3 is 0 Å². The molecule has 0 spiro atoms. The van der Waals surface area contributed by atoms with Crippen molar-refractivity contribution in [1.29, 1.82) is 0 Å². The maximum atomic E-state index is 5.83. The Balaban J connectivity index is 3.29. The maximum Gasteiger partial charge on any atom is 0.126 e. The summed E-state index contributed by atoms with van der Waals surface area (Å²) >= 11 is 0. The number of likely N-dealkylation sites (N-methyl/N-ethyl adjacent to an activating group) is 1. The van der Waals surface area contributed by atoms with Crippen LogP contribution in [0.3, 0.4) is 0 Å². The standard InChI is InChI=1S/C13H22N2O/c1-9-6-10(2)13(16-5)11(7-9)12(8-14)15(3)4/h6-7,12H,8,14H2,1-5H3. The fraction of sp³-hybridized carbons (Fsp3) is 0.538. The smallest absolute Gasteiger partial charge is 0.126 e. The van der Waals surface area contributed by atoms with Crippen molar-refractivity contribution in [3.63, 3.8) is 0 Å². The summed E-state index contributed by atoms with van der Waals surface area (Å²) in [5, 5.41) is 0. The Bertz CT molecular complexity index is 361. The van der Waals surface area contributed by atoms with Crippen molar-refractivity contribution in [2.75, 3.05) is 27.7 Å². The van der Waals surface area contributed by atoms with Crippen LogP contribution in [0.2, 0.25) is 0 Å². The van der Waals surface area contributed by atoms with E-state index in [9.17, 15) is 0 Å². The molecule has 0 fully saturated rings. The Morgan fingerprint density at radius 3 is 2.38 bits per heavy atom. The second kappa shape index (κ2) is 5.32. The van der Waals surface area contributed by atoms with Crippen LogP contribution >= 0.6 is 0 Å². The number of hydrogen-bond acceptors (Lipinski definition) is 3. The highest BCUT2D eigenvalue weighted by atomic mass is 16.5. The summed E-state index contributed by atoms with van der Waals surface area (Å²) in [6.07, 6.45) is 0. The number of nitrogens with zero attached hydrogens (tertiary/aromatic N) is 1. The molecule has 1 atom stereocenters. The summed E-state index contributed by atoms with van der Waals surface area (Å²) < 4.78 is 5.48. The molecule has 1 rings (SSSR count). The summed E-state index contributed by atoms with van der Waals surface area (Å²) in [6, 6.07) is 4.49. The molecule has 1 aromatic carbocycles. The lowest BCUT2D eigenvalue weighted by Crippen LogP contribution is -2.27. The second-order valence-electron chi connectivity index (χ2n) is 4.42. The van der Waals surface area contributed by atoms with E-state index >= 15 is 0 Å². The third-order valence-corrected chi connectivity index (χ3v) is 2.86. The average molecular weight is 222 g/mol. The van der Waals surface area contributed by atoms with E-state index in [0.29, 0.717) is 6.54 Å². The second-order valence-corrected chi connectivity index (χ2v) is 4.42. The van der Waals surface area contributed by atoms with E-state index in [1.165, 1.54) is 11.1 Å². The molecule has 0 amide bonds. The first-order chi connectivity index (χ1) is 7.51. The SMILES string of the molecule is COc1c(C)cc(C)cc1C(CN)N(C)C. The van der Waals surface area contributed by atoms with Gasteiger partial charge in [0, 0.05) is 12.1 Å². The van der Waals surface area contributed by atoms with Crippen molar-refractivity contribution in [2.24, 2.45) is 5.73 Å². The third kappa shape index (κ3) is 2.54. The Hall–Kier alpha value is -1.06. The first-order valence-corrected chi connectivity index (χ1v) is 5.52. The fourth-order valence-electron chi connectivity index (χ4n) is 2.13. The molecule has 0 aliphatic rings. The van der Waals surface area contributed by atoms with Crippen LogP contribution in [0.15, 0.2) is 12.1 Å². The van der Waals surface area contributed by atoms with Crippen LogP contribution in [-0.2, 0) is 0 Å². The first-order valence-electron chi connectivity index (χ1n) is 5.52. The van der Waals surface area contributed by atoms with Crippen LogP contribution in [0.4, 0.5) is 0 Å². The molecule has 2 N–H and O–H groups in total. The predicted octanol–water partition coefficient (Wildman–Crippen LogP) is 1.87. The molecular weight excluding hydrogens is 200 g/mol. The van der Waals surface area contributed by atoms with E-state index in [0.717, 1.165) is 11.3 Å². The largest absolute Gasteiger partial charge is 0.496 e. The molecule has 3 nitrogen and oxygen atoms in total. The minimum Gasteiger partial charge on any atom is -0.496 e. The highest BCUT2D eigenvalue weighted by molar-refractivity contribution is 5.45. The fourth-order valence-corrected chi connectivity index (χ4v) is 2.13. The van der Waals surface area contributed by atoms with Crippen molar-refractivity contribution in [3.05, 3.63) is 28.8 Å². The molecule has 1 aromatic rings. The van der Waals surface area contributed by atoms with Crippen molar-refractivity contribution >= 4 is 0 Å². The zero-order chi connectivity index (χ0) is 12.3. The van der Waals surface area contributed by atoms with Gasteiger partial charge in [0.25, 0.3) is 0 Å². The number of benzene rings is 1. The van der Waals surface area contributed by atoms with E-state index in [1.54, 1.807) is 7.11 Å². The summed E-state index contributed by atoms with van der Waals surface area (Å²) in [6.45, 7) is 4.75. The highest BCUT2D eigenvalue weighted by Crippen LogP contribution is 2.31. The summed E-state index contributed by atoms with van der Waals surface area (Å²) in [4.78, 5) is 2.12. The van der Waals surface area contributed by atoms with E-state index in [1.807, 2.05) is 14.1 Å². The van der Waals surface area contributed by atoms with E-state index in [4.69, 9.17) is 10.5 Å². The van der Waals surface area contributed by atoms with Gasteiger partial charge in [-0.1, -0.05) is 17.7 Å². The predicted molar refractivity (Wildman–Crippen MR) is 68.0 cm³/mol. The molecule has 0 heterocycles. The van der Waals surface area contributed by atoms with Gasteiger partial charge in [-0.3, -0.25) is 0 Å².